The smallest absolute Gasteiger partial charge is 0.143 e. The molecule has 0 saturated carbocycles. The number of thiophene rings is 1. The summed E-state index contributed by atoms with van der Waals surface area (Å²) in [5.74, 6) is 0. The lowest BCUT2D eigenvalue weighted by Crippen LogP contribution is -2.11. The number of aromatic nitrogens is 1. The summed E-state index contributed by atoms with van der Waals surface area (Å²) in [5.41, 5.74) is 13.2. The van der Waals surface area contributed by atoms with Gasteiger partial charge < -0.3 is 13.9 Å². The zero-order valence-corrected chi connectivity index (χ0v) is 34.3. The number of hydrogen-bond acceptors (Lipinski definition) is 3. The topological polar surface area (TPSA) is 21.3 Å². The Hall–Kier alpha value is -7.92. The molecule has 3 heterocycles. The normalized spacial score (nSPS) is 11.9. The number of anilines is 3. The molecule has 0 aliphatic carbocycles. The van der Waals surface area contributed by atoms with E-state index in [2.05, 4.69) is 228 Å². The summed E-state index contributed by atoms with van der Waals surface area (Å²) >= 11 is 1.86. The van der Waals surface area contributed by atoms with Crippen molar-refractivity contribution >= 4 is 103 Å². The summed E-state index contributed by atoms with van der Waals surface area (Å²) in [6, 6.07) is 79.2. The molecule has 4 heteroatoms. The maximum Gasteiger partial charge on any atom is 0.143 e. The average molecular weight is 809 g/mol. The van der Waals surface area contributed by atoms with Crippen molar-refractivity contribution < 1.29 is 4.42 Å². The number of para-hydroxylation sites is 3. The van der Waals surface area contributed by atoms with Crippen LogP contribution in [-0.2, 0) is 0 Å². The highest BCUT2D eigenvalue weighted by atomic mass is 32.1. The minimum absolute atomic E-state index is 0.860. The van der Waals surface area contributed by atoms with Crippen LogP contribution in [0.15, 0.2) is 223 Å². The van der Waals surface area contributed by atoms with Crippen molar-refractivity contribution in [2.75, 3.05) is 4.90 Å². The molecule has 3 nitrogen and oxygen atoms in total. The molecule has 0 radical (unpaired) electrons. The van der Waals surface area contributed by atoms with Gasteiger partial charge in [-0.15, -0.1) is 11.3 Å². The second-order valence-electron chi connectivity index (χ2n) is 16.0. The monoisotopic (exact) mass is 808 g/mol. The van der Waals surface area contributed by atoms with Gasteiger partial charge in [-0.05, 0) is 101 Å². The highest BCUT2D eigenvalue weighted by molar-refractivity contribution is 7.25. The molecule has 62 heavy (non-hydrogen) atoms. The van der Waals surface area contributed by atoms with Gasteiger partial charge in [0, 0.05) is 58.7 Å². The molecular formula is C58H36N2OS. The zero-order chi connectivity index (χ0) is 40.7. The Labute approximate surface area is 361 Å². The quantitative estimate of drug-likeness (QED) is 0.167. The fraction of sp³-hybridized carbons (Fsp3) is 0. The molecule has 290 valence electrons. The van der Waals surface area contributed by atoms with E-state index in [-0.39, 0.29) is 0 Å². The van der Waals surface area contributed by atoms with Crippen LogP contribution >= 0.6 is 11.3 Å². The number of benzene rings is 10. The lowest BCUT2D eigenvalue weighted by Gasteiger charge is -2.29. The van der Waals surface area contributed by atoms with Crippen molar-refractivity contribution in [3.8, 4) is 27.9 Å². The first-order valence-corrected chi connectivity index (χ1v) is 21.9. The third-order valence-electron chi connectivity index (χ3n) is 12.6. The Bertz CT molecular complexity index is 3890. The molecule has 0 saturated heterocycles. The van der Waals surface area contributed by atoms with Gasteiger partial charge in [-0.25, -0.2) is 0 Å². The molecule has 0 N–H and O–H groups in total. The fourth-order valence-corrected chi connectivity index (χ4v) is 11.0. The van der Waals surface area contributed by atoms with E-state index < -0.39 is 0 Å². The van der Waals surface area contributed by atoms with Crippen LogP contribution < -0.4 is 4.90 Å². The van der Waals surface area contributed by atoms with Gasteiger partial charge in [-0.3, -0.25) is 0 Å². The number of furan rings is 1. The van der Waals surface area contributed by atoms with Crippen molar-refractivity contribution in [3.63, 3.8) is 0 Å². The Balaban J connectivity index is 1.06. The lowest BCUT2D eigenvalue weighted by atomic mass is 9.96. The molecule has 10 aromatic carbocycles. The highest BCUT2D eigenvalue weighted by Gasteiger charge is 2.24. The van der Waals surface area contributed by atoms with Crippen LogP contribution in [0.4, 0.5) is 17.1 Å². The Morgan fingerprint density at radius 3 is 2.03 bits per heavy atom. The minimum atomic E-state index is 0.860. The zero-order valence-electron chi connectivity index (χ0n) is 33.5. The number of rotatable bonds is 6. The van der Waals surface area contributed by atoms with Crippen molar-refractivity contribution in [1.29, 1.82) is 0 Å². The van der Waals surface area contributed by atoms with Crippen molar-refractivity contribution in [3.05, 3.63) is 218 Å². The average Bonchev–Trinajstić information content (AvgIpc) is 4.02. The van der Waals surface area contributed by atoms with Crippen molar-refractivity contribution in [2.45, 2.75) is 0 Å². The first-order valence-electron chi connectivity index (χ1n) is 21.1. The summed E-state index contributed by atoms with van der Waals surface area (Å²) in [6.45, 7) is 0. The molecule has 0 amide bonds. The second kappa shape index (κ2) is 13.8. The van der Waals surface area contributed by atoms with Gasteiger partial charge in [-0.1, -0.05) is 140 Å². The molecule has 13 aromatic rings. The van der Waals surface area contributed by atoms with Gasteiger partial charge >= 0.3 is 0 Å². The van der Waals surface area contributed by atoms with Crippen molar-refractivity contribution in [1.82, 2.24) is 4.57 Å². The number of nitrogens with zero attached hydrogens (tertiary/aromatic N) is 2. The molecule has 0 unspecified atom stereocenters. The third-order valence-corrected chi connectivity index (χ3v) is 13.7. The van der Waals surface area contributed by atoms with Crippen molar-refractivity contribution in [2.24, 2.45) is 0 Å². The molecule has 0 fully saturated rings. The van der Waals surface area contributed by atoms with E-state index in [9.17, 15) is 0 Å². The SMILES string of the molecule is c1ccc(-n2c3ccccc3c3cc(-c4cccc(N(c5ccccc5-c5cccc6sc7ccccc7c56)c5cccc6oc7c8ccccc8ccc7c56)c4)ccc32)cc1. The molecule has 0 aliphatic heterocycles. The molecule has 0 atom stereocenters. The predicted octanol–water partition coefficient (Wildman–Crippen LogP) is 17.0. The lowest BCUT2D eigenvalue weighted by molar-refractivity contribution is 0.672. The van der Waals surface area contributed by atoms with Gasteiger partial charge in [0.2, 0.25) is 0 Å². The Morgan fingerprint density at radius 2 is 1.10 bits per heavy atom. The summed E-state index contributed by atoms with van der Waals surface area (Å²) in [6.07, 6.45) is 0. The fourth-order valence-electron chi connectivity index (χ4n) is 9.86. The van der Waals surface area contributed by atoms with Gasteiger partial charge in [-0.2, -0.15) is 0 Å². The predicted molar refractivity (Wildman–Crippen MR) is 264 cm³/mol. The molecule has 13 rings (SSSR count). The highest BCUT2D eigenvalue weighted by Crippen LogP contribution is 2.49. The summed E-state index contributed by atoms with van der Waals surface area (Å²) < 4.78 is 11.8. The molecule has 0 spiro atoms. The third kappa shape index (κ3) is 5.30. The molecular weight excluding hydrogens is 773 g/mol. The van der Waals surface area contributed by atoms with Crippen LogP contribution in [0.1, 0.15) is 0 Å². The van der Waals surface area contributed by atoms with E-state index in [4.69, 9.17) is 4.42 Å². The second-order valence-corrected chi connectivity index (χ2v) is 17.1. The van der Waals surface area contributed by atoms with E-state index in [1.54, 1.807) is 0 Å². The number of fused-ring (bicyclic) bond motifs is 11. The van der Waals surface area contributed by atoms with Gasteiger partial charge in [0.05, 0.1) is 27.8 Å². The number of hydrogen-bond donors (Lipinski definition) is 0. The molecule has 0 aliphatic rings. The Morgan fingerprint density at radius 1 is 0.403 bits per heavy atom. The van der Waals surface area contributed by atoms with Crippen LogP contribution in [0.5, 0.6) is 0 Å². The summed E-state index contributed by atoms with van der Waals surface area (Å²) in [5, 5.41) is 9.49. The maximum absolute atomic E-state index is 6.81. The van der Waals surface area contributed by atoms with Crippen LogP contribution in [-0.4, -0.2) is 4.57 Å². The van der Waals surface area contributed by atoms with Crippen LogP contribution in [0.3, 0.4) is 0 Å². The minimum Gasteiger partial charge on any atom is -0.455 e. The van der Waals surface area contributed by atoms with E-state index in [0.29, 0.717) is 0 Å². The van der Waals surface area contributed by atoms with E-state index >= 15 is 0 Å². The first-order chi connectivity index (χ1) is 30.8. The summed E-state index contributed by atoms with van der Waals surface area (Å²) in [4.78, 5) is 2.46. The maximum atomic E-state index is 6.81. The molecule has 0 bridgehead atoms. The van der Waals surface area contributed by atoms with Crippen LogP contribution in [0.2, 0.25) is 0 Å². The largest absolute Gasteiger partial charge is 0.455 e. The van der Waals surface area contributed by atoms with E-state index in [1.807, 2.05) is 11.3 Å². The van der Waals surface area contributed by atoms with E-state index in [1.165, 1.54) is 47.5 Å². The van der Waals surface area contributed by atoms with Gasteiger partial charge in [0.1, 0.15) is 11.2 Å². The standard InChI is InChI=1S/C58H36N2OS/c1-2-17-40(18-3-1)59-50-26-10-7-22-44(50)48-36-39(32-34-51(48)59)38-16-12-19-41(35-38)60(52-27-14-28-53-57(52)47-33-31-37-15-4-5-20-42(37)58(47)61-53)49-25-9-6-21-43(49)45-24-13-30-55-56(45)46-23-8-11-29-54(46)62-55/h1-36H. The van der Waals surface area contributed by atoms with Crippen LogP contribution in [0, 0.1) is 0 Å². The Kier molecular flexibility index (Phi) is 7.78. The van der Waals surface area contributed by atoms with Crippen LogP contribution in [0.25, 0.3) is 103 Å². The van der Waals surface area contributed by atoms with E-state index in [0.717, 1.165) is 72.2 Å². The van der Waals surface area contributed by atoms with Gasteiger partial charge in [0.25, 0.3) is 0 Å². The summed E-state index contributed by atoms with van der Waals surface area (Å²) in [7, 11) is 0. The molecule has 3 aromatic heterocycles. The first kappa shape index (κ1) is 34.9. The van der Waals surface area contributed by atoms with Gasteiger partial charge in [0.15, 0.2) is 0 Å².